The van der Waals surface area contributed by atoms with Gasteiger partial charge in [0, 0.05) is 32.3 Å². The Bertz CT molecular complexity index is 1050. The second-order valence-electron chi connectivity index (χ2n) is 6.33. The molecule has 1 aliphatic rings. The van der Waals surface area contributed by atoms with Crippen molar-refractivity contribution in [3.63, 3.8) is 0 Å². The zero-order valence-electron chi connectivity index (χ0n) is 14.1. The van der Waals surface area contributed by atoms with Crippen molar-refractivity contribution in [2.45, 2.75) is 30.8 Å². The van der Waals surface area contributed by atoms with Gasteiger partial charge in [-0.2, -0.15) is 13.2 Å². The van der Waals surface area contributed by atoms with E-state index >= 15 is 0 Å². The summed E-state index contributed by atoms with van der Waals surface area (Å²) in [7, 11) is -3.69. The van der Waals surface area contributed by atoms with Gasteiger partial charge in [-0.05, 0) is 17.7 Å². The van der Waals surface area contributed by atoms with E-state index in [1.54, 1.807) is 4.90 Å². The van der Waals surface area contributed by atoms with Crippen molar-refractivity contribution in [2.24, 2.45) is 0 Å². The van der Waals surface area contributed by atoms with Crippen LogP contribution in [0.5, 0.6) is 0 Å². The Kier molecular flexibility index (Phi) is 4.85. The molecule has 1 aromatic heterocycles. The molecule has 27 heavy (non-hydrogen) atoms. The van der Waals surface area contributed by atoms with Crippen LogP contribution in [0.1, 0.15) is 22.4 Å². The summed E-state index contributed by atoms with van der Waals surface area (Å²) in [6, 6.07) is 2.47. The smallest absolute Gasteiger partial charge is 0.297 e. The molecular formula is C16H15F4N3O3S. The molecule has 0 atom stereocenters. The van der Waals surface area contributed by atoms with Gasteiger partial charge in [0.05, 0.1) is 16.8 Å². The average molecular weight is 405 g/mol. The van der Waals surface area contributed by atoms with Crippen molar-refractivity contribution in [2.75, 3.05) is 12.8 Å². The molecule has 146 valence electrons. The molecule has 0 saturated heterocycles. The second kappa shape index (κ2) is 6.71. The van der Waals surface area contributed by atoms with E-state index in [2.05, 4.69) is 9.97 Å². The minimum absolute atomic E-state index is 0.0103. The van der Waals surface area contributed by atoms with Gasteiger partial charge in [0.1, 0.15) is 5.82 Å². The first-order valence-corrected chi connectivity index (χ1v) is 9.74. The Morgan fingerprint density at radius 1 is 1.30 bits per heavy atom. The zero-order chi connectivity index (χ0) is 20.0. The van der Waals surface area contributed by atoms with Crippen molar-refractivity contribution < 1.29 is 26.0 Å². The number of aromatic nitrogens is 2. The highest BCUT2D eigenvalue weighted by atomic mass is 32.2. The van der Waals surface area contributed by atoms with E-state index in [-0.39, 0.29) is 37.2 Å². The van der Waals surface area contributed by atoms with Crippen LogP contribution in [0.4, 0.5) is 17.6 Å². The lowest BCUT2D eigenvalue weighted by Crippen LogP contribution is -2.36. The largest absolute Gasteiger partial charge is 0.416 e. The summed E-state index contributed by atoms with van der Waals surface area (Å²) in [4.78, 5) is 19.9. The van der Waals surface area contributed by atoms with Gasteiger partial charge >= 0.3 is 6.18 Å². The van der Waals surface area contributed by atoms with Gasteiger partial charge in [-0.3, -0.25) is 14.7 Å². The first-order chi connectivity index (χ1) is 12.4. The number of nitrogens with zero attached hydrogens (tertiary/aromatic N) is 2. The van der Waals surface area contributed by atoms with Gasteiger partial charge in [0.15, 0.2) is 0 Å². The van der Waals surface area contributed by atoms with E-state index in [1.807, 2.05) is 0 Å². The number of rotatable bonds is 3. The molecule has 0 aliphatic carbocycles. The van der Waals surface area contributed by atoms with Gasteiger partial charge in [-0.25, -0.2) is 17.8 Å². The van der Waals surface area contributed by atoms with Crippen molar-refractivity contribution in [3.05, 3.63) is 56.8 Å². The van der Waals surface area contributed by atoms with Crippen molar-refractivity contribution in [3.8, 4) is 0 Å². The molecular weight excluding hydrogens is 390 g/mol. The maximum atomic E-state index is 13.2. The Morgan fingerprint density at radius 3 is 2.63 bits per heavy atom. The van der Waals surface area contributed by atoms with Gasteiger partial charge in [0.25, 0.3) is 5.56 Å². The zero-order valence-corrected chi connectivity index (χ0v) is 14.9. The Morgan fingerprint density at radius 2 is 2.00 bits per heavy atom. The van der Waals surface area contributed by atoms with Crippen LogP contribution in [0.25, 0.3) is 0 Å². The fourth-order valence-electron chi connectivity index (χ4n) is 2.96. The number of nitrogens with one attached hydrogen (secondary N) is 1. The van der Waals surface area contributed by atoms with Gasteiger partial charge in [-0.15, -0.1) is 0 Å². The van der Waals surface area contributed by atoms with Crippen LogP contribution in [-0.2, 0) is 35.5 Å². The van der Waals surface area contributed by atoms with Crippen LogP contribution in [0.2, 0.25) is 0 Å². The van der Waals surface area contributed by atoms with E-state index in [0.29, 0.717) is 11.8 Å². The lowest BCUT2D eigenvalue weighted by Gasteiger charge is -2.28. The summed E-state index contributed by atoms with van der Waals surface area (Å²) in [6.07, 6.45) is -3.57. The van der Waals surface area contributed by atoms with Crippen molar-refractivity contribution >= 4 is 9.84 Å². The van der Waals surface area contributed by atoms with Crippen LogP contribution in [0.15, 0.2) is 28.2 Å². The minimum atomic E-state index is -4.70. The van der Waals surface area contributed by atoms with Crippen LogP contribution < -0.4 is 5.56 Å². The SMILES string of the molecule is CS(=O)(=O)c1nc2c(c(=O)[nH]1)CN(Cc1ccc(F)cc1C(F)(F)F)CC2. The molecule has 1 aromatic carbocycles. The molecule has 0 bridgehead atoms. The fourth-order valence-corrected chi connectivity index (χ4v) is 3.51. The molecule has 0 spiro atoms. The lowest BCUT2D eigenvalue weighted by molar-refractivity contribution is -0.138. The number of alkyl halides is 3. The maximum absolute atomic E-state index is 13.2. The van der Waals surface area contributed by atoms with Crippen molar-refractivity contribution in [1.82, 2.24) is 14.9 Å². The molecule has 1 N–H and O–H groups in total. The molecule has 2 aromatic rings. The normalized spacial score (nSPS) is 15.6. The number of sulfone groups is 1. The third kappa shape index (κ3) is 4.19. The fraction of sp³-hybridized carbons (Fsp3) is 0.375. The van der Waals surface area contributed by atoms with Crippen LogP contribution in [-0.4, -0.2) is 36.1 Å². The van der Waals surface area contributed by atoms with Crippen molar-refractivity contribution in [1.29, 1.82) is 0 Å². The van der Waals surface area contributed by atoms with E-state index in [1.165, 1.54) is 0 Å². The van der Waals surface area contributed by atoms with Gasteiger partial charge in [0.2, 0.25) is 15.0 Å². The highest BCUT2D eigenvalue weighted by Crippen LogP contribution is 2.33. The minimum Gasteiger partial charge on any atom is -0.297 e. The molecule has 2 heterocycles. The first kappa shape index (κ1) is 19.5. The number of fused-ring (bicyclic) bond motifs is 1. The molecule has 6 nitrogen and oxygen atoms in total. The molecule has 3 rings (SSSR count). The highest BCUT2D eigenvalue weighted by molar-refractivity contribution is 7.90. The van der Waals surface area contributed by atoms with Crippen LogP contribution in [0, 0.1) is 5.82 Å². The highest BCUT2D eigenvalue weighted by Gasteiger charge is 2.34. The van der Waals surface area contributed by atoms with E-state index in [0.717, 1.165) is 18.4 Å². The lowest BCUT2D eigenvalue weighted by atomic mass is 10.0. The second-order valence-corrected chi connectivity index (χ2v) is 8.26. The number of halogens is 4. The number of aromatic amines is 1. The Labute approximate surface area is 151 Å². The van der Waals surface area contributed by atoms with E-state index in [9.17, 15) is 30.8 Å². The first-order valence-electron chi connectivity index (χ1n) is 7.85. The molecule has 0 amide bonds. The third-order valence-electron chi connectivity index (χ3n) is 4.25. The summed E-state index contributed by atoms with van der Waals surface area (Å²) in [5.74, 6) is -0.982. The molecule has 0 fully saturated rings. The van der Waals surface area contributed by atoms with Gasteiger partial charge < -0.3 is 0 Å². The summed E-state index contributed by atoms with van der Waals surface area (Å²) in [5, 5.41) is -0.433. The molecule has 0 radical (unpaired) electrons. The topological polar surface area (TPSA) is 83.1 Å². The van der Waals surface area contributed by atoms with Crippen LogP contribution >= 0.6 is 0 Å². The summed E-state index contributed by atoms with van der Waals surface area (Å²) < 4.78 is 75.7. The number of H-pyrrole nitrogens is 1. The maximum Gasteiger partial charge on any atom is 0.416 e. The molecule has 11 heteroatoms. The quantitative estimate of drug-likeness (QED) is 0.623. The predicted octanol–water partition coefficient (Wildman–Crippen LogP) is 1.89. The number of benzene rings is 1. The van der Waals surface area contributed by atoms with E-state index < -0.39 is 38.1 Å². The molecule has 0 saturated carbocycles. The number of hydrogen-bond donors (Lipinski definition) is 1. The standard InChI is InChI=1S/C16H15F4N3O3S/c1-27(25,26)15-21-13-4-5-23(8-11(13)14(24)22-15)7-9-2-3-10(17)6-12(9)16(18,19)20/h2-3,6H,4-5,7-8H2,1H3,(H,21,22,24). The average Bonchev–Trinajstić information content (AvgIpc) is 2.55. The summed E-state index contributed by atoms with van der Waals surface area (Å²) in [5.41, 5.74) is -1.28. The number of hydrogen-bond acceptors (Lipinski definition) is 5. The molecule has 0 unspecified atom stereocenters. The Hall–Kier alpha value is -2.27. The molecule has 1 aliphatic heterocycles. The third-order valence-corrected chi connectivity index (χ3v) is 5.14. The monoisotopic (exact) mass is 405 g/mol. The van der Waals surface area contributed by atoms with Gasteiger partial charge in [-0.1, -0.05) is 6.07 Å². The Balaban J connectivity index is 1.89. The summed E-state index contributed by atoms with van der Waals surface area (Å²) in [6.45, 7) is 0.152. The van der Waals surface area contributed by atoms with Crippen LogP contribution in [0.3, 0.4) is 0 Å². The summed E-state index contributed by atoms with van der Waals surface area (Å²) >= 11 is 0. The van der Waals surface area contributed by atoms with E-state index in [4.69, 9.17) is 0 Å². The predicted molar refractivity (Wildman–Crippen MR) is 87.2 cm³/mol.